The molecule has 2 aliphatic rings. The van der Waals surface area contributed by atoms with E-state index in [4.69, 9.17) is 10.8 Å². The Bertz CT molecular complexity index is 342. The number of carbonyl (C=O) groups excluding carboxylic acids is 1. The minimum absolute atomic E-state index is 0.0509. The number of amides is 1. The van der Waals surface area contributed by atoms with Crippen molar-refractivity contribution in [3.8, 4) is 0 Å². The Kier molecular flexibility index (Phi) is 4.42. The highest BCUT2D eigenvalue weighted by atomic mass is 16.4. The van der Waals surface area contributed by atoms with Crippen molar-refractivity contribution in [1.82, 2.24) is 9.80 Å². The lowest BCUT2D eigenvalue weighted by Gasteiger charge is -2.42. The van der Waals surface area contributed by atoms with Crippen molar-refractivity contribution in [2.75, 3.05) is 39.3 Å². The molecule has 0 aromatic heterocycles. The standard InChI is InChI=1S/C13H23N3O3/c14-10-13(2-1-3-13)8-11(17)16-6-4-15(5-7-16)9-12(18)19/h1-10,14H2,(H,18,19). The molecule has 6 heteroatoms. The lowest BCUT2D eigenvalue weighted by molar-refractivity contribution is -0.140. The highest BCUT2D eigenvalue weighted by Crippen LogP contribution is 2.43. The number of nitrogens with zero attached hydrogens (tertiary/aromatic N) is 2. The normalized spacial score (nSPS) is 22.9. The summed E-state index contributed by atoms with van der Waals surface area (Å²) < 4.78 is 0. The van der Waals surface area contributed by atoms with Crippen LogP contribution >= 0.6 is 0 Å². The summed E-state index contributed by atoms with van der Waals surface area (Å²) in [4.78, 5) is 26.6. The van der Waals surface area contributed by atoms with Crippen molar-refractivity contribution in [1.29, 1.82) is 0 Å². The Morgan fingerprint density at radius 2 is 1.79 bits per heavy atom. The summed E-state index contributed by atoms with van der Waals surface area (Å²) >= 11 is 0. The Morgan fingerprint density at radius 3 is 2.21 bits per heavy atom. The Balaban J connectivity index is 1.77. The molecular formula is C13H23N3O3. The molecule has 1 saturated heterocycles. The molecule has 1 aliphatic carbocycles. The first kappa shape index (κ1) is 14.3. The summed E-state index contributed by atoms with van der Waals surface area (Å²) in [5.74, 6) is -0.628. The van der Waals surface area contributed by atoms with E-state index in [1.54, 1.807) is 0 Å². The van der Waals surface area contributed by atoms with Gasteiger partial charge in [-0.25, -0.2) is 0 Å². The summed E-state index contributed by atoms with van der Waals surface area (Å²) in [6, 6.07) is 0. The van der Waals surface area contributed by atoms with Crippen molar-refractivity contribution in [3.05, 3.63) is 0 Å². The van der Waals surface area contributed by atoms with Gasteiger partial charge in [0, 0.05) is 32.6 Å². The fraction of sp³-hybridized carbons (Fsp3) is 0.846. The second-order valence-electron chi connectivity index (χ2n) is 5.79. The van der Waals surface area contributed by atoms with Crippen molar-refractivity contribution < 1.29 is 14.7 Å². The van der Waals surface area contributed by atoms with Crippen LogP contribution in [0.15, 0.2) is 0 Å². The van der Waals surface area contributed by atoms with Crippen molar-refractivity contribution in [2.24, 2.45) is 11.1 Å². The van der Waals surface area contributed by atoms with Crippen LogP contribution in [0.3, 0.4) is 0 Å². The predicted molar refractivity (Wildman–Crippen MR) is 70.6 cm³/mol. The fourth-order valence-corrected chi connectivity index (χ4v) is 2.91. The van der Waals surface area contributed by atoms with Gasteiger partial charge in [0.05, 0.1) is 6.54 Å². The summed E-state index contributed by atoms with van der Waals surface area (Å²) in [5, 5.41) is 8.73. The van der Waals surface area contributed by atoms with Crippen LogP contribution in [0.25, 0.3) is 0 Å². The molecule has 2 rings (SSSR count). The van der Waals surface area contributed by atoms with Crippen LogP contribution in [0.4, 0.5) is 0 Å². The second-order valence-corrected chi connectivity index (χ2v) is 5.79. The lowest BCUT2D eigenvalue weighted by atomic mass is 9.66. The van der Waals surface area contributed by atoms with Gasteiger partial charge >= 0.3 is 5.97 Å². The van der Waals surface area contributed by atoms with Crippen molar-refractivity contribution in [2.45, 2.75) is 25.7 Å². The Hall–Kier alpha value is -1.14. The third kappa shape index (κ3) is 3.45. The number of carboxylic acid groups (broad SMARTS) is 1. The molecule has 3 N–H and O–H groups in total. The number of carboxylic acids is 1. The first-order valence-electron chi connectivity index (χ1n) is 6.97. The molecule has 0 radical (unpaired) electrons. The third-order valence-electron chi connectivity index (χ3n) is 4.46. The van der Waals surface area contributed by atoms with Gasteiger partial charge in [0.1, 0.15) is 0 Å². The van der Waals surface area contributed by atoms with Crippen molar-refractivity contribution in [3.63, 3.8) is 0 Å². The first-order chi connectivity index (χ1) is 9.04. The zero-order chi connectivity index (χ0) is 13.9. The Morgan fingerprint density at radius 1 is 1.16 bits per heavy atom. The number of aliphatic carboxylic acids is 1. The number of hydrogen-bond acceptors (Lipinski definition) is 4. The minimum atomic E-state index is -0.809. The van der Waals surface area contributed by atoms with E-state index in [0.29, 0.717) is 39.1 Å². The zero-order valence-electron chi connectivity index (χ0n) is 11.3. The molecule has 0 aromatic rings. The van der Waals surface area contributed by atoms with Gasteiger partial charge in [0.2, 0.25) is 5.91 Å². The maximum Gasteiger partial charge on any atom is 0.317 e. The molecular weight excluding hydrogens is 246 g/mol. The molecule has 0 atom stereocenters. The molecule has 0 spiro atoms. The molecule has 0 unspecified atom stereocenters. The summed E-state index contributed by atoms with van der Waals surface area (Å²) in [7, 11) is 0. The second kappa shape index (κ2) is 5.88. The maximum absolute atomic E-state index is 12.2. The van der Waals surface area contributed by atoms with Gasteiger partial charge in [0.15, 0.2) is 0 Å². The quantitative estimate of drug-likeness (QED) is 0.717. The smallest absolute Gasteiger partial charge is 0.317 e. The third-order valence-corrected chi connectivity index (χ3v) is 4.46. The fourth-order valence-electron chi connectivity index (χ4n) is 2.91. The van der Waals surface area contributed by atoms with E-state index < -0.39 is 5.97 Å². The van der Waals surface area contributed by atoms with Crippen LogP contribution in [0.1, 0.15) is 25.7 Å². The van der Waals surface area contributed by atoms with Crippen LogP contribution in [0, 0.1) is 5.41 Å². The highest BCUT2D eigenvalue weighted by Gasteiger charge is 2.39. The molecule has 1 amide bonds. The molecule has 2 fully saturated rings. The van der Waals surface area contributed by atoms with Gasteiger partial charge in [-0.15, -0.1) is 0 Å². The van der Waals surface area contributed by atoms with Gasteiger partial charge < -0.3 is 15.7 Å². The molecule has 1 saturated carbocycles. The van der Waals surface area contributed by atoms with E-state index in [-0.39, 0.29) is 17.9 Å². The number of rotatable bonds is 5. The molecule has 6 nitrogen and oxygen atoms in total. The maximum atomic E-state index is 12.2. The highest BCUT2D eigenvalue weighted by molar-refractivity contribution is 5.77. The number of hydrogen-bond donors (Lipinski definition) is 2. The SMILES string of the molecule is NCC1(CC(=O)N2CCN(CC(=O)O)CC2)CCC1. The van der Waals surface area contributed by atoms with Gasteiger partial charge in [-0.2, -0.15) is 0 Å². The van der Waals surface area contributed by atoms with Crippen LogP contribution in [0.5, 0.6) is 0 Å². The van der Waals surface area contributed by atoms with E-state index in [1.165, 1.54) is 6.42 Å². The van der Waals surface area contributed by atoms with Gasteiger partial charge in [-0.1, -0.05) is 6.42 Å². The van der Waals surface area contributed by atoms with Gasteiger partial charge in [-0.05, 0) is 24.8 Å². The van der Waals surface area contributed by atoms with Crippen LogP contribution in [0.2, 0.25) is 0 Å². The van der Waals surface area contributed by atoms with Crippen LogP contribution in [-0.4, -0.2) is 66.1 Å². The molecule has 19 heavy (non-hydrogen) atoms. The van der Waals surface area contributed by atoms with Crippen LogP contribution < -0.4 is 5.73 Å². The average molecular weight is 269 g/mol. The predicted octanol–water partition coefficient (Wildman–Crippen LogP) is -0.266. The number of carbonyl (C=O) groups is 2. The van der Waals surface area contributed by atoms with Crippen LogP contribution in [-0.2, 0) is 9.59 Å². The van der Waals surface area contributed by atoms with E-state index in [1.807, 2.05) is 9.80 Å². The molecule has 0 bridgehead atoms. The lowest BCUT2D eigenvalue weighted by Crippen LogP contribution is -2.51. The van der Waals surface area contributed by atoms with Gasteiger partial charge in [-0.3, -0.25) is 14.5 Å². The first-order valence-corrected chi connectivity index (χ1v) is 6.97. The number of piperazine rings is 1. The topological polar surface area (TPSA) is 86.9 Å². The molecule has 1 heterocycles. The summed E-state index contributed by atoms with van der Waals surface area (Å²) in [5.41, 5.74) is 5.83. The summed E-state index contributed by atoms with van der Waals surface area (Å²) in [6.07, 6.45) is 3.86. The molecule has 0 aromatic carbocycles. The zero-order valence-corrected chi connectivity index (χ0v) is 11.3. The van der Waals surface area contributed by atoms with E-state index >= 15 is 0 Å². The largest absolute Gasteiger partial charge is 0.480 e. The Labute approximate surface area is 113 Å². The van der Waals surface area contributed by atoms with Gasteiger partial charge in [0.25, 0.3) is 0 Å². The summed E-state index contributed by atoms with van der Waals surface area (Å²) in [6.45, 7) is 3.22. The van der Waals surface area contributed by atoms with E-state index in [2.05, 4.69) is 0 Å². The van der Waals surface area contributed by atoms with E-state index in [9.17, 15) is 9.59 Å². The number of nitrogens with two attached hydrogens (primary N) is 1. The van der Waals surface area contributed by atoms with E-state index in [0.717, 1.165) is 12.8 Å². The average Bonchev–Trinajstić information content (AvgIpc) is 2.34. The molecule has 108 valence electrons. The van der Waals surface area contributed by atoms with Crippen molar-refractivity contribution >= 4 is 11.9 Å². The molecule has 1 aliphatic heterocycles. The monoisotopic (exact) mass is 269 g/mol. The minimum Gasteiger partial charge on any atom is -0.480 e.